The van der Waals surface area contributed by atoms with Crippen molar-refractivity contribution in [3.05, 3.63) is 11.9 Å². The van der Waals surface area contributed by atoms with Gasteiger partial charge in [0.1, 0.15) is 5.69 Å². The van der Waals surface area contributed by atoms with Crippen LogP contribution in [-0.2, 0) is 22.6 Å². The van der Waals surface area contributed by atoms with Gasteiger partial charge in [-0.2, -0.15) is 0 Å². The molecule has 0 N–H and O–H groups in total. The number of aromatic nitrogens is 3. The first-order valence-electron chi connectivity index (χ1n) is 8.12. The van der Waals surface area contributed by atoms with E-state index in [0.29, 0.717) is 25.7 Å². The van der Waals surface area contributed by atoms with Gasteiger partial charge in [0.2, 0.25) is 0 Å². The number of nitrogens with zero attached hydrogens (tertiary/aromatic N) is 3. The molecule has 0 atom stereocenters. The molecule has 5 heteroatoms. The zero-order valence-corrected chi connectivity index (χ0v) is 14.0. The largest absolute Gasteiger partial charge is 0.379 e. The molecule has 0 saturated carbocycles. The van der Waals surface area contributed by atoms with E-state index in [1.165, 1.54) is 6.42 Å². The Morgan fingerprint density at radius 2 is 1.71 bits per heavy atom. The maximum atomic E-state index is 5.54. The minimum absolute atomic E-state index is 0.512. The third-order valence-corrected chi connectivity index (χ3v) is 3.22. The summed E-state index contributed by atoms with van der Waals surface area (Å²) in [7, 11) is 0. The van der Waals surface area contributed by atoms with Gasteiger partial charge < -0.3 is 9.47 Å². The van der Waals surface area contributed by atoms with Crippen LogP contribution in [0.4, 0.5) is 0 Å². The summed E-state index contributed by atoms with van der Waals surface area (Å²) >= 11 is 0. The minimum Gasteiger partial charge on any atom is -0.379 e. The van der Waals surface area contributed by atoms with Gasteiger partial charge in [0.25, 0.3) is 0 Å². The summed E-state index contributed by atoms with van der Waals surface area (Å²) in [6.45, 7) is 12.4. The number of hydrogen-bond acceptors (Lipinski definition) is 4. The van der Waals surface area contributed by atoms with E-state index in [2.05, 4.69) is 38.0 Å². The van der Waals surface area contributed by atoms with Crippen LogP contribution in [0.1, 0.15) is 52.7 Å². The van der Waals surface area contributed by atoms with E-state index in [1.807, 2.05) is 10.9 Å². The lowest BCUT2D eigenvalue weighted by Gasteiger charge is -2.06. The van der Waals surface area contributed by atoms with Crippen LogP contribution in [0.3, 0.4) is 0 Å². The van der Waals surface area contributed by atoms with Crippen molar-refractivity contribution in [3.63, 3.8) is 0 Å². The molecular weight excluding hydrogens is 266 g/mol. The zero-order chi connectivity index (χ0) is 15.5. The average molecular weight is 297 g/mol. The highest BCUT2D eigenvalue weighted by Crippen LogP contribution is 2.05. The van der Waals surface area contributed by atoms with Crippen molar-refractivity contribution in [2.24, 2.45) is 11.8 Å². The van der Waals surface area contributed by atoms with E-state index in [4.69, 9.17) is 9.47 Å². The molecule has 0 saturated heterocycles. The highest BCUT2D eigenvalue weighted by Gasteiger charge is 2.02. The molecule has 0 bridgehead atoms. The summed E-state index contributed by atoms with van der Waals surface area (Å²) in [4.78, 5) is 0. The molecule has 1 heterocycles. The summed E-state index contributed by atoms with van der Waals surface area (Å²) in [5.74, 6) is 1.43. The summed E-state index contributed by atoms with van der Waals surface area (Å²) in [5, 5.41) is 8.23. The molecule has 122 valence electrons. The first kappa shape index (κ1) is 18.1. The number of hydrogen-bond donors (Lipinski definition) is 0. The molecule has 1 aromatic heterocycles. The fraction of sp³-hybridized carbons (Fsp3) is 0.875. The molecular formula is C16H31N3O2. The van der Waals surface area contributed by atoms with Crippen LogP contribution in [0.5, 0.6) is 0 Å². The lowest BCUT2D eigenvalue weighted by atomic mass is 10.1. The molecule has 0 aromatic carbocycles. The van der Waals surface area contributed by atoms with Gasteiger partial charge >= 0.3 is 0 Å². The van der Waals surface area contributed by atoms with Crippen LogP contribution in [0.25, 0.3) is 0 Å². The average Bonchev–Trinajstić information content (AvgIpc) is 2.85. The Balaban J connectivity index is 2.03. The van der Waals surface area contributed by atoms with Crippen molar-refractivity contribution in [2.45, 2.75) is 60.1 Å². The fourth-order valence-corrected chi connectivity index (χ4v) is 1.89. The van der Waals surface area contributed by atoms with Gasteiger partial charge in [-0.1, -0.05) is 32.9 Å². The van der Waals surface area contributed by atoms with Crippen molar-refractivity contribution < 1.29 is 9.47 Å². The molecule has 0 unspecified atom stereocenters. The number of rotatable bonds is 12. The Morgan fingerprint density at radius 1 is 1.00 bits per heavy atom. The Kier molecular flexibility index (Phi) is 9.26. The smallest absolute Gasteiger partial charge is 0.108 e. The molecule has 0 radical (unpaired) electrons. The van der Waals surface area contributed by atoms with E-state index < -0.39 is 0 Å². The standard InChI is InChI=1S/C16H31N3O2/c1-14(2)6-5-8-19-12-16(17-18-19)13-21-11-10-20-9-7-15(3)4/h12,14-15H,5-11,13H2,1-4H3. The lowest BCUT2D eigenvalue weighted by molar-refractivity contribution is 0.0361. The summed E-state index contributed by atoms with van der Waals surface area (Å²) in [6.07, 6.45) is 5.44. The van der Waals surface area contributed by atoms with Crippen LogP contribution >= 0.6 is 0 Å². The van der Waals surface area contributed by atoms with Crippen LogP contribution < -0.4 is 0 Å². The van der Waals surface area contributed by atoms with Gasteiger partial charge in [-0.05, 0) is 31.1 Å². The van der Waals surface area contributed by atoms with E-state index >= 15 is 0 Å². The minimum atomic E-state index is 0.512. The predicted molar refractivity (Wildman–Crippen MR) is 84.0 cm³/mol. The van der Waals surface area contributed by atoms with Crippen molar-refractivity contribution >= 4 is 0 Å². The first-order valence-corrected chi connectivity index (χ1v) is 8.12. The molecule has 0 aliphatic carbocycles. The molecule has 0 fully saturated rings. The molecule has 0 aliphatic rings. The molecule has 0 spiro atoms. The topological polar surface area (TPSA) is 49.2 Å². The quantitative estimate of drug-likeness (QED) is 0.555. The van der Waals surface area contributed by atoms with Gasteiger partial charge in [-0.15, -0.1) is 5.10 Å². The maximum Gasteiger partial charge on any atom is 0.108 e. The predicted octanol–water partition coefficient (Wildman–Crippen LogP) is 3.29. The van der Waals surface area contributed by atoms with Crippen molar-refractivity contribution in [2.75, 3.05) is 19.8 Å². The monoisotopic (exact) mass is 297 g/mol. The molecule has 21 heavy (non-hydrogen) atoms. The van der Waals surface area contributed by atoms with Crippen LogP contribution in [0, 0.1) is 11.8 Å². The van der Waals surface area contributed by atoms with Crippen molar-refractivity contribution in [1.29, 1.82) is 0 Å². The van der Waals surface area contributed by atoms with Crippen molar-refractivity contribution in [3.8, 4) is 0 Å². The second kappa shape index (κ2) is 10.7. The van der Waals surface area contributed by atoms with Gasteiger partial charge in [0.05, 0.1) is 26.0 Å². The Morgan fingerprint density at radius 3 is 2.43 bits per heavy atom. The fourth-order valence-electron chi connectivity index (χ4n) is 1.89. The molecule has 1 rings (SSSR count). The lowest BCUT2D eigenvalue weighted by Crippen LogP contribution is -2.06. The van der Waals surface area contributed by atoms with E-state index in [0.717, 1.165) is 37.6 Å². The highest BCUT2D eigenvalue weighted by atomic mass is 16.5. The molecule has 0 aliphatic heterocycles. The van der Waals surface area contributed by atoms with E-state index in [-0.39, 0.29) is 0 Å². The SMILES string of the molecule is CC(C)CCCn1cc(COCCOCCC(C)C)nn1. The van der Waals surface area contributed by atoms with Crippen LogP contribution in [-0.4, -0.2) is 34.8 Å². The van der Waals surface area contributed by atoms with Gasteiger partial charge in [-0.3, -0.25) is 4.68 Å². The molecule has 5 nitrogen and oxygen atoms in total. The zero-order valence-electron chi connectivity index (χ0n) is 14.0. The highest BCUT2D eigenvalue weighted by molar-refractivity contribution is 4.89. The summed E-state index contributed by atoms with van der Waals surface area (Å²) in [5.41, 5.74) is 0.890. The van der Waals surface area contributed by atoms with E-state index in [1.54, 1.807) is 0 Å². The van der Waals surface area contributed by atoms with Gasteiger partial charge in [0, 0.05) is 13.2 Å². The first-order chi connectivity index (χ1) is 10.1. The van der Waals surface area contributed by atoms with Crippen LogP contribution in [0.15, 0.2) is 6.20 Å². The molecule has 1 aromatic rings. The third-order valence-electron chi connectivity index (χ3n) is 3.22. The second-order valence-corrected chi connectivity index (χ2v) is 6.36. The summed E-state index contributed by atoms with van der Waals surface area (Å²) < 4.78 is 12.9. The maximum absolute atomic E-state index is 5.54. The number of ether oxygens (including phenoxy) is 2. The molecule has 0 amide bonds. The summed E-state index contributed by atoms with van der Waals surface area (Å²) in [6, 6.07) is 0. The van der Waals surface area contributed by atoms with Gasteiger partial charge in [-0.25, -0.2) is 0 Å². The number of aryl methyl sites for hydroxylation is 1. The van der Waals surface area contributed by atoms with E-state index in [9.17, 15) is 0 Å². The Hall–Kier alpha value is -0.940. The second-order valence-electron chi connectivity index (χ2n) is 6.36. The van der Waals surface area contributed by atoms with Crippen LogP contribution in [0.2, 0.25) is 0 Å². The van der Waals surface area contributed by atoms with Crippen molar-refractivity contribution in [1.82, 2.24) is 15.0 Å². The third kappa shape index (κ3) is 9.58. The Bertz CT molecular complexity index is 364. The Labute approximate surface area is 129 Å². The normalized spacial score (nSPS) is 11.7. The van der Waals surface area contributed by atoms with Gasteiger partial charge in [0.15, 0.2) is 0 Å².